The molecule has 1 amide bonds. The first-order chi connectivity index (χ1) is 6.40. The van der Waals surface area contributed by atoms with Gasteiger partial charge in [-0.15, -0.1) is 11.6 Å². The highest BCUT2D eigenvalue weighted by atomic mass is 35.5. The summed E-state index contributed by atoms with van der Waals surface area (Å²) in [5.41, 5.74) is -0.808. The van der Waals surface area contributed by atoms with E-state index < -0.39 is 23.2 Å². The molecule has 0 aliphatic carbocycles. The predicted octanol–water partition coefficient (Wildman–Crippen LogP) is 1.37. The van der Waals surface area contributed by atoms with Crippen LogP contribution in [-0.4, -0.2) is 30.0 Å². The largest absolute Gasteiger partial charge is 0.409 e. The average Bonchev–Trinajstić information content (AvgIpc) is 2.17. The third kappa shape index (κ3) is 2.83. The highest BCUT2D eigenvalue weighted by Crippen LogP contribution is 2.30. The Morgan fingerprint density at radius 1 is 1.71 bits per heavy atom. The zero-order chi connectivity index (χ0) is 11.4. The van der Waals surface area contributed by atoms with Gasteiger partial charge in [-0.3, -0.25) is 4.79 Å². The summed E-state index contributed by atoms with van der Waals surface area (Å²) < 4.78 is 13.1. The molecule has 4 nitrogen and oxygen atoms in total. The quantitative estimate of drug-likeness (QED) is 0.328. The molecule has 1 atom stereocenters. The molecule has 0 fully saturated rings. The molecule has 0 heterocycles. The lowest BCUT2D eigenvalue weighted by Gasteiger charge is -2.28. The Labute approximate surface area is 87.1 Å². The maximum absolute atomic E-state index is 13.1. The van der Waals surface area contributed by atoms with Crippen LogP contribution in [0.25, 0.3) is 0 Å². The lowest BCUT2D eigenvalue weighted by Crippen LogP contribution is -2.42. The summed E-state index contributed by atoms with van der Waals surface area (Å²) in [5.74, 6) is -2.79. The SMILES string of the molecule is CNC(=O)C(C(F)=NO)C(C)(C)CCl. The second-order valence-electron chi connectivity index (χ2n) is 3.59. The summed E-state index contributed by atoms with van der Waals surface area (Å²) in [7, 11) is 1.38. The topological polar surface area (TPSA) is 61.7 Å². The Hall–Kier alpha value is -0.840. The smallest absolute Gasteiger partial charge is 0.239 e. The summed E-state index contributed by atoms with van der Waals surface area (Å²) in [6.45, 7) is 3.23. The zero-order valence-electron chi connectivity index (χ0n) is 8.34. The fourth-order valence-electron chi connectivity index (χ4n) is 1.06. The van der Waals surface area contributed by atoms with Gasteiger partial charge in [0.15, 0.2) is 0 Å². The van der Waals surface area contributed by atoms with Crippen molar-refractivity contribution in [2.45, 2.75) is 13.8 Å². The highest BCUT2D eigenvalue weighted by Gasteiger charge is 2.39. The predicted molar refractivity (Wildman–Crippen MR) is 52.4 cm³/mol. The summed E-state index contributed by atoms with van der Waals surface area (Å²) in [4.78, 5) is 11.3. The molecule has 82 valence electrons. The van der Waals surface area contributed by atoms with Gasteiger partial charge in [-0.05, 0) is 5.41 Å². The molecule has 6 heteroatoms. The van der Waals surface area contributed by atoms with Crippen LogP contribution >= 0.6 is 11.6 Å². The summed E-state index contributed by atoms with van der Waals surface area (Å²) in [5, 5.41) is 13.0. The van der Waals surface area contributed by atoms with Gasteiger partial charge in [-0.25, -0.2) is 0 Å². The molecule has 2 N–H and O–H groups in total. The van der Waals surface area contributed by atoms with Crippen molar-refractivity contribution in [3.8, 4) is 0 Å². The Morgan fingerprint density at radius 2 is 2.21 bits per heavy atom. The first kappa shape index (κ1) is 13.2. The number of carbonyl (C=O) groups is 1. The van der Waals surface area contributed by atoms with E-state index >= 15 is 0 Å². The number of hydrogen-bond donors (Lipinski definition) is 2. The number of amides is 1. The highest BCUT2D eigenvalue weighted by molar-refractivity contribution is 6.19. The van der Waals surface area contributed by atoms with Gasteiger partial charge in [0.05, 0.1) is 0 Å². The van der Waals surface area contributed by atoms with Crippen LogP contribution in [0, 0.1) is 11.3 Å². The molecule has 0 bridgehead atoms. The van der Waals surface area contributed by atoms with E-state index in [1.807, 2.05) is 0 Å². The van der Waals surface area contributed by atoms with Crippen molar-refractivity contribution in [3.63, 3.8) is 0 Å². The first-order valence-corrected chi connectivity index (χ1v) is 4.59. The van der Waals surface area contributed by atoms with E-state index in [1.165, 1.54) is 7.05 Å². The Kier molecular flexibility index (Phi) is 4.83. The van der Waals surface area contributed by atoms with Crippen LogP contribution in [0.3, 0.4) is 0 Å². The van der Waals surface area contributed by atoms with Gasteiger partial charge >= 0.3 is 0 Å². The number of carbonyl (C=O) groups excluding carboxylic acids is 1. The van der Waals surface area contributed by atoms with Crippen molar-refractivity contribution in [1.29, 1.82) is 0 Å². The van der Waals surface area contributed by atoms with Gasteiger partial charge in [0.25, 0.3) is 0 Å². The van der Waals surface area contributed by atoms with Crippen LogP contribution in [0.1, 0.15) is 13.8 Å². The van der Waals surface area contributed by atoms with E-state index in [0.717, 1.165) is 0 Å². The average molecular weight is 225 g/mol. The molecule has 0 aliphatic rings. The van der Waals surface area contributed by atoms with Gasteiger partial charge in [0.1, 0.15) is 5.92 Å². The number of hydrogen-bond acceptors (Lipinski definition) is 3. The maximum atomic E-state index is 13.1. The second-order valence-corrected chi connectivity index (χ2v) is 3.86. The lowest BCUT2D eigenvalue weighted by atomic mass is 9.80. The van der Waals surface area contributed by atoms with Crippen molar-refractivity contribution in [3.05, 3.63) is 0 Å². The van der Waals surface area contributed by atoms with Crippen molar-refractivity contribution >= 4 is 23.5 Å². The number of nitrogens with one attached hydrogen (secondary N) is 1. The van der Waals surface area contributed by atoms with Crippen LogP contribution in [-0.2, 0) is 4.79 Å². The molecule has 0 rings (SSSR count). The minimum absolute atomic E-state index is 0.0774. The van der Waals surface area contributed by atoms with Crippen LogP contribution in [0.2, 0.25) is 0 Å². The van der Waals surface area contributed by atoms with Crippen LogP contribution < -0.4 is 5.32 Å². The van der Waals surface area contributed by atoms with Crippen molar-refractivity contribution in [2.75, 3.05) is 12.9 Å². The molecule has 0 saturated heterocycles. The monoisotopic (exact) mass is 224 g/mol. The second kappa shape index (κ2) is 5.14. The fraction of sp³-hybridized carbons (Fsp3) is 0.750. The number of halogens is 2. The number of nitrogens with zero attached hydrogens (tertiary/aromatic N) is 1. The molecule has 0 saturated carbocycles. The van der Waals surface area contributed by atoms with Gasteiger partial charge in [-0.1, -0.05) is 19.0 Å². The molecule has 0 aromatic rings. The molecule has 1 unspecified atom stereocenters. The Balaban J connectivity index is 5.01. The van der Waals surface area contributed by atoms with Gasteiger partial charge < -0.3 is 10.5 Å². The molecule has 0 aromatic heterocycles. The Bertz CT molecular complexity index is 243. The van der Waals surface area contributed by atoms with E-state index in [-0.39, 0.29) is 5.88 Å². The third-order valence-electron chi connectivity index (χ3n) is 1.97. The van der Waals surface area contributed by atoms with Crippen LogP contribution in [0.15, 0.2) is 5.16 Å². The molecule has 0 spiro atoms. The maximum Gasteiger partial charge on any atom is 0.239 e. The van der Waals surface area contributed by atoms with Crippen LogP contribution in [0.4, 0.5) is 4.39 Å². The minimum atomic E-state index is -1.17. The summed E-state index contributed by atoms with van der Waals surface area (Å²) >= 11 is 5.61. The first-order valence-electron chi connectivity index (χ1n) is 4.05. The van der Waals surface area contributed by atoms with Crippen molar-refractivity contribution in [1.82, 2.24) is 5.32 Å². The van der Waals surface area contributed by atoms with E-state index in [2.05, 4.69) is 10.5 Å². The minimum Gasteiger partial charge on any atom is -0.409 e. The summed E-state index contributed by atoms with van der Waals surface area (Å²) in [6.07, 6.45) is 0. The van der Waals surface area contributed by atoms with Crippen LogP contribution in [0.5, 0.6) is 0 Å². The number of oxime groups is 1. The lowest BCUT2D eigenvalue weighted by molar-refractivity contribution is -0.125. The van der Waals surface area contributed by atoms with E-state index in [9.17, 15) is 9.18 Å². The normalized spacial score (nSPS) is 15.1. The third-order valence-corrected chi connectivity index (χ3v) is 2.66. The van der Waals surface area contributed by atoms with Crippen molar-refractivity contribution < 1.29 is 14.4 Å². The standard InChI is InChI=1S/C8H14ClFN2O2/c1-8(2,4-9)5(6(10)12-14)7(13)11-3/h5,14H,4H2,1-3H3,(H,11,13). The molecular formula is C8H14ClFN2O2. The van der Waals surface area contributed by atoms with E-state index in [1.54, 1.807) is 13.8 Å². The molecule has 0 radical (unpaired) electrons. The molecule has 0 aliphatic heterocycles. The van der Waals surface area contributed by atoms with Gasteiger partial charge in [-0.2, -0.15) is 4.39 Å². The molecular weight excluding hydrogens is 211 g/mol. The van der Waals surface area contributed by atoms with E-state index in [0.29, 0.717) is 0 Å². The molecule has 14 heavy (non-hydrogen) atoms. The molecule has 0 aromatic carbocycles. The van der Waals surface area contributed by atoms with Gasteiger partial charge in [0, 0.05) is 12.9 Å². The number of alkyl halides is 1. The Morgan fingerprint density at radius 3 is 2.50 bits per heavy atom. The summed E-state index contributed by atoms with van der Waals surface area (Å²) in [6, 6.07) is 0. The fourth-order valence-corrected chi connectivity index (χ4v) is 1.22. The van der Waals surface area contributed by atoms with Crippen molar-refractivity contribution in [2.24, 2.45) is 16.5 Å². The van der Waals surface area contributed by atoms with E-state index in [4.69, 9.17) is 16.8 Å². The zero-order valence-corrected chi connectivity index (χ0v) is 9.10. The van der Waals surface area contributed by atoms with Gasteiger partial charge in [0.2, 0.25) is 11.9 Å². The number of rotatable bonds is 4.